The van der Waals surface area contributed by atoms with Crippen molar-refractivity contribution in [3.8, 4) is 0 Å². The van der Waals surface area contributed by atoms with Crippen molar-refractivity contribution in [2.45, 2.75) is 26.7 Å². The van der Waals surface area contributed by atoms with E-state index in [1.165, 1.54) is 13.0 Å². The zero-order valence-corrected chi connectivity index (χ0v) is 12.8. The van der Waals surface area contributed by atoms with E-state index in [1.807, 2.05) is 31.2 Å². The number of ketones is 1. The molecule has 20 heavy (non-hydrogen) atoms. The minimum Gasteiger partial charge on any atom is -0.301 e. The Morgan fingerprint density at radius 2 is 1.75 bits per heavy atom. The molecule has 1 fully saturated rings. The molecule has 1 aromatic rings. The number of nitrogens with zero attached hydrogens (tertiary/aromatic N) is 2. The largest absolute Gasteiger partial charge is 0.301 e. The zero-order valence-electron chi connectivity index (χ0n) is 12.8. The first kappa shape index (κ1) is 15.2. The predicted molar refractivity (Wildman–Crippen MR) is 83.3 cm³/mol. The molecule has 1 aliphatic heterocycles. The highest BCUT2D eigenvalue weighted by Crippen LogP contribution is 2.09. The summed E-state index contributed by atoms with van der Waals surface area (Å²) in [6.45, 7) is 10.8. The summed E-state index contributed by atoms with van der Waals surface area (Å²) in [6, 6.07) is 7.91. The van der Waals surface area contributed by atoms with Crippen molar-refractivity contribution >= 4 is 5.78 Å². The third-order valence-corrected chi connectivity index (χ3v) is 4.00. The maximum atomic E-state index is 12.2. The average Bonchev–Trinajstić information content (AvgIpc) is 2.46. The third-order valence-electron chi connectivity index (χ3n) is 4.00. The molecule has 1 aliphatic rings. The lowest BCUT2D eigenvalue weighted by atomic mass is 10.1. The second-order valence-electron chi connectivity index (χ2n) is 5.73. The molecule has 1 aromatic carbocycles. The van der Waals surface area contributed by atoms with Gasteiger partial charge in [0.2, 0.25) is 0 Å². The topological polar surface area (TPSA) is 23.6 Å². The number of carbonyl (C=O) groups excluding carboxylic acids is 1. The Bertz CT molecular complexity index is 436. The van der Waals surface area contributed by atoms with Crippen LogP contribution in [0.3, 0.4) is 0 Å². The van der Waals surface area contributed by atoms with Crippen LogP contribution in [-0.2, 0) is 0 Å². The summed E-state index contributed by atoms with van der Waals surface area (Å²) < 4.78 is 0. The lowest BCUT2D eigenvalue weighted by Gasteiger charge is -2.34. The highest BCUT2D eigenvalue weighted by Gasteiger charge is 2.17. The Hall–Kier alpha value is -1.19. The van der Waals surface area contributed by atoms with Crippen LogP contribution in [0.4, 0.5) is 0 Å². The smallest absolute Gasteiger partial charge is 0.164 e. The van der Waals surface area contributed by atoms with Gasteiger partial charge in [0.25, 0.3) is 0 Å². The molecule has 0 atom stereocenters. The highest BCUT2D eigenvalue weighted by atomic mass is 16.1. The van der Waals surface area contributed by atoms with Crippen LogP contribution in [0, 0.1) is 6.92 Å². The molecule has 0 spiro atoms. The molecular weight excluding hydrogens is 248 g/mol. The van der Waals surface area contributed by atoms with E-state index in [4.69, 9.17) is 0 Å². The summed E-state index contributed by atoms with van der Waals surface area (Å²) in [5.41, 5.74) is 2.01. The van der Waals surface area contributed by atoms with E-state index < -0.39 is 0 Å². The molecule has 3 heteroatoms. The molecule has 0 bridgehead atoms. The van der Waals surface area contributed by atoms with Gasteiger partial charge in [-0.2, -0.15) is 0 Å². The van der Waals surface area contributed by atoms with Gasteiger partial charge in [-0.05, 0) is 26.0 Å². The Kier molecular flexibility index (Phi) is 5.74. The average molecular weight is 274 g/mol. The number of hydrogen-bond donors (Lipinski definition) is 0. The molecule has 0 N–H and O–H groups in total. The number of rotatable bonds is 6. The third kappa shape index (κ3) is 4.43. The molecular formula is C17H26N2O. The molecule has 0 amide bonds. The number of hydrogen-bond acceptors (Lipinski definition) is 3. The normalized spacial score (nSPS) is 17.3. The van der Waals surface area contributed by atoms with Crippen LogP contribution in [0.2, 0.25) is 0 Å². The zero-order chi connectivity index (χ0) is 14.4. The van der Waals surface area contributed by atoms with Gasteiger partial charge >= 0.3 is 0 Å². The van der Waals surface area contributed by atoms with Gasteiger partial charge in [-0.3, -0.25) is 4.79 Å². The quantitative estimate of drug-likeness (QED) is 0.745. The SMILES string of the molecule is CCCN1CCN(CCC(=O)c2cccc(C)c2)CC1. The van der Waals surface area contributed by atoms with E-state index in [0.717, 1.165) is 43.9 Å². The molecule has 1 heterocycles. The maximum absolute atomic E-state index is 12.2. The van der Waals surface area contributed by atoms with Crippen LogP contribution in [0.25, 0.3) is 0 Å². The second kappa shape index (κ2) is 7.55. The van der Waals surface area contributed by atoms with E-state index in [1.54, 1.807) is 0 Å². The van der Waals surface area contributed by atoms with Gasteiger partial charge < -0.3 is 9.80 Å². The summed E-state index contributed by atoms with van der Waals surface area (Å²) in [5.74, 6) is 0.268. The summed E-state index contributed by atoms with van der Waals surface area (Å²) in [5, 5.41) is 0. The fraction of sp³-hybridized carbons (Fsp3) is 0.588. The van der Waals surface area contributed by atoms with Crippen molar-refractivity contribution in [1.82, 2.24) is 9.80 Å². The molecule has 0 unspecified atom stereocenters. The summed E-state index contributed by atoms with van der Waals surface area (Å²) >= 11 is 0. The number of aryl methyl sites for hydroxylation is 1. The lowest BCUT2D eigenvalue weighted by Crippen LogP contribution is -2.46. The molecule has 110 valence electrons. The summed E-state index contributed by atoms with van der Waals surface area (Å²) in [7, 11) is 0. The number of Topliss-reactive ketones (excluding diaryl/α,β-unsaturated/α-hetero) is 1. The van der Waals surface area contributed by atoms with Gasteiger partial charge in [0.05, 0.1) is 0 Å². The molecule has 3 nitrogen and oxygen atoms in total. The summed E-state index contributed by atoms with van der Waals surface area (Å²) in [6.07, 6.45) is 1.86. The monoisotopic (exact) mass is 274 g/mol. The Morgan fingerprint density at radius 3 is 2.35 bits per heavy atom. The second-order valence-corrected chi connectivity index (χ2v) is 5.73. The number of carbonyl (C=O) groups is 1. The van der Waals surface area contributed by atoms with E-state index in [-0.39, 0.29) is 5.78 Å². The molecule has 2 rings (SSSR count). The standard InChI is InChI=1S/C17H26N2O/c1-3-8-18-10-12-19(13-11-18)9-7-17(20)16-6-4-5-15(2)14-16/h4-6,14H,3,7-13H2,1-2H3. The fourth-order valence-electron chi connectivity index (χ4n) is 2.78. The van der Waals surface area contributed by atoms with E-state index in [0.29, 0.717) is 6.42 Å². The first-order chi connectivity index (χ1) is 9.69. The van der Waals surface area contributed by atoms with Crippen LogP contribution < -0.4 is 0 Å². The first-order valence-corrected chi connectivity index (χ1v) is 7.73. The van der Waals surface area contributed by atoms with Crippen LogP contribution in [0.15, 0.2) is 24.3 Å². The first-order valence-electron chi connectivity index (χ1n) is 7.73. The van der Waals surface area contributed by atoms with Gasteiger partial charge in [-0.1, -0.05) is 30.7 Å². The molecule has 0 saturated carbocycles. The minimum absolute atomic E-state index is 0.268. The predicted octanol–water partition coefficient (Wildman–Crippen LogP) is 2.60. The Morgan fingerprint density at radius 1 is 1.10 bits per heavy atom. The van der Waals surface area contributed by atoms with Crippen molar-refractivity contribution in [2.24, 2.45) is 0 Å². The van der Waals surface area contributed by atoms with Gasteiger partial charge in [-0.15, -0.1) is 0 Å². The minimum atomic E-state index is 0.268. The highest BCUT2D eigenvalue weighted by molar-refractivity contribution is 5.96. The van der Waals surface area contributed by atoms with E-state index in [9.17, 15) is 4.79 Å². The van der Waals surface area contributed by atoms with E-state index >= 15 is 0 Å². The van der Waals surface area contributed by atoms with Crippen molar-refractivity contribution in [1.29, 1.82) is 0 Å². The Labute approximate surface area is 122 Å². The van der Waals surface area contributed by atoms with Gasteiger partial charge in [-0.25, -0.2) is 0 Å². The van der Waals surface area contributed by atoms with Crippen LogP contribution >= 0.6 is 0 Å². The molecule has 0 radical (unpaired) electrons. The molecule has 0 aromatic heterocycles. The molecule has 0 aliphatic carbocycles. The van der Waals surface area contributed by atoms with Gasteiger partial charge in [0.15, 0.2) is 5.78 Å². The van der Waals surface area contributed by atoms with Crippen molar-refractivity contribution in [2.75, 3.05) is 39.3 Å². The van der Waals surface area contributed by atoms with Crippen LogP contribution in [0.1, 0.15) is 35.7 Å². The van der Waals surface area contributed by atoms with Crippen molar-refractivity contribution in [3.05, 3.63) is 35.4 Å². The van der Waals surface area contributed by atoms with Crippen molar-refractivity contribution in [3.63, 3.8) is 0 Å². The van der Waals surface area contributed by atoms with Gasteiger partial charge in [0, 0.05) is 44.7 Å². The Balaban J connectivity index is 1.74. The van der Waals surface area contributed by atoms with Crippen molar-refractivity contribution < 1.29 is 4.79 Å². The van der Waals surface area contributed by atoms with Gasteiger partial charge in [0.1, 0.15) is 0 Å². The molecule has 1 saturated heterocycles. The van der Waals surface area contributed by atoms with Crippen LogP contribution in [-0.4, -0.2) is 54.9 Å². The summed E-state index contributed by atoms with van der Waals surface area (Å²) in [4.78, 5) is 17.1. The number of benzene rings is 1. The maximum Gasteiger partial charge on any atom is 0.164 e. The number of piperazine rings is 1. The van der Waals surface area contributed by atoms with E-state index in [2.05, 4.69) is 16.7 Å². The fourth-order valence-corrected chi connectivity index (χ4v) is 2.78. The van der Waals surface area contributed by atoms with Crippen LogP contribution in [0.5, 0.6) is 0 Å². The lowest BCUT2D eigenvalue weighted by molar-refractivity contribution is 0.0928.